The second kappa shape index (κ2) is 7.24. The van der Waals surface area contributed by atoms with Crippen LogP contribution in [-0.4, -0.2) is 10.9 Å². The van der Waals surface area contributed by atoms with Gasteiger partial charge in [-0.25, -0.2) is 0 Å². The molecule has 0 radical (unpaired) electrons. The zero-order chi connectivity index (χ0) is 16.8. The van der Waals surface area contributed by atoms with Gasteiger partial charge in [0, 0.05) is 29.3 Å². The lowest BCUT2D eigenvalue weighted by Crippen LogP contribution is -2.10. The predicted octanol–water partition coefficient (Wildman–Crippen LogP) is 4.09. The maximum atomic E-state index is 11.3. The van der Waals surface area contributed by atoms with Crippen molar-refractivity contribution in [3.8, 4) is 0 Å². The summed E-state index contributed by atoms with van der Waals surface area (Å²) in [7, 11) is 0. The lowest BCUT2D eigenvalue weighted by molar-refractivity contribution is 0.100. The summed E-state index contributed by atoms with van der Waals surface area (Å²) in [5.41, 5.74) is 9.72. The highest BCUT2D eigenvalue weighted by Gasteiger charge is 2.01. The Morgan fingerprint density at radius 2 is 1.54 bits per heavy atom. The molecule has 1 aromatic heterocycles. The molecule has 0 atom stereocenters. The largest absolute Gasteiger partial charge is 0.366 e. The first-order valence-electron chi connectivity index (χ1n) is 7.56. The topological polar surface area (TPSA) is 68.0 Å². The third kappa shape index (κ3) is 4.08. The van der Waals surface area contributed by atoms with Crippen molar-refractivity contribution in [2.24, 2.45) is 5.73 Å². The van der Waals surface area contributed by atoms with Crippen molar-refractivity contribution in [3.63, 3.8) is 0 Å². The number of hydrogen-bond acceptors (Lipinski definition) is 3. The monoisotopic (exact) mass is 315 g/mol. The molecule has 0 spiro atoms. The Kier molecular flexibility index (Phi) is 4.68. The van der Waals surface area contributed by atoms with Crippen molar-refractivity contribution in [1.29, 1.82) is 0 Å². The van der Waals surface area contributed by atoms with Crippen molar-refractivity contribution >= 4 is 29.4 Å². The lowest BCUT2D eigenvalue weighted by Gasteiger charge is -2.08. The second-order valence-electron chi connectivity index (χ2n) is 5.31. The maximum Gasteiger partial charge on any atom is 0.248 e. The number of anilines is 2. The van der Waals surface area contributed by atoms with Crippen LogP contribution in [0.3, 0.4) is 0 Å². The zero-order valence-electron chi connectivity index (χ0n) is 13.0. The number of carbonyl (C=O) groups is 1. The number of pyridine rings is 1. The SMILES string of the molecule is NC(=O)c1cccc(Nc2cccc(C=Cc3ccncc3)c2)c1. The minimum Gasteiger partial charge on any atom is -0.366 e. The quantitative estimate of drug-likeness (QED) is 0.745. The van der Waals surface area contributed by atoms with Crippen LogP contribution in [0.2, 0.25) is 0 Å². The van der Waals surface area contributed by atoms with Crippen LogP contribution in [0.25, 0.3) is 12.2 Å². The van der Waals surface area contributed by atoms with E-state index in [9.17, 15) is 4.79 Å². The van der Waals surface area contributed by atoms with Gasteiger partial charge in [0.05, 0.1) is 0 Å². The van der Waals surface area contributed by atoms with E-state index in [1.54, 1.807) is 30.6 Å². The summed E-state index contributed by atoms with van der Waals surface area (Å²) in [5, 5.41) is 3.29. The molecule has 24 heavy (non-hydrogen) atoms. The Morgan fingerprint density at radius 3 is 2.29 bits per heavy atom. The molecule has 0 aliphatic heterocycles. The Balaban J connectivity index is 1.77. The number of nitrogens with one attached hydrogen (secondary N) is 1. The summed E-state index contributed by atoms with van der Waals surface area (Å²) in [4.78, 5) is 15.3. The number of nitrogens with zero attached hydrogens (tertiary/aromatic N) is 1. The number of nitrogens with two attached hydrogens (primary N) is 1. The van der Waals surface area contributed by atoms with E-state index in [2.05, 4.69) is 10.3 Å². The molecule has 0 fully saturated rings. The average Bonchev–Trinajstić information content (AvgIpc) is 2.61. The molecular weight excluding hydrogens is 298 g/mol. The first kappa shape index (κ1) is 15.5. The van der Waals surface area contributed by atoms with E-state index in [0.717, 1.165) is 22.5 Å². The average molecular weight is 315 g/mol. The molecule has 0 bridgehead atoms. The minimum absolute atomic E-state index is 0.437. The van der Waals surface area contributed by atoms with Gasteiger partial charge in [0.25, 0.3) is 0 Å². The Morgan fingerprint density at radius 1 is 0.875 bits per heavy atom. The Hall–Kier alpha value is -3.40. The molecule has 2 aromatic carbocycles. The summed E-state index contributed by atoms with van der Waals surface area (Å²) in [5.74, 6) is -0.437. The van der Waals surface area contributed by atoms with Gasteiger partial charge in [0.15, 0.2) is 0 Å². The van der Waals surface area contributed by atoms with E-state index in [4.69, 9.17) is 5.73 Å². The van der Waals surface area contributed by atoms with Crippen LogP contribution in [0.15, 0.2) is 73.1 Å². The van der Waals surface area contributed by atoms with Gasteiger partial charge in [-0.05, 0) is 53.6 Å². The van der Waals surface area contributed by atoms with E-state index in [1.165, 1.54) is 0 Å². The van der Waals surface area contributed by atoms with Crippen molar-refractivity contribution in [2.75, 3.05) is 5.32 Å². The van der Waals surface area contributed by atoms with Crippen LogP contribution >= 0.6 is 0 Å². The van der Waals surface area contributed by atoms with Gasteiger partial charge in [0.2, 0.25) is 5.91 Å². The number of hydrogen-bond donors (Lipinski definition) is 2. The zero-order valence-corrected chi connectivity index (χ0v) is 13.0. The van der Waals surface area contributed by atoms with Gasteiger partial charge in [-0.3, -0.25) is 9.78 Å². The van der Waals surface area contributed by atoms with E-state index >= 15 is 0 Å². The highest BCUT2D eigenvalue weighted by Crippen LogP contribution is 2.20. The minimum atomic E-state index is -0.437. The van der Waals surface area contributed by atoms with Crippen molar-refractivity contribution < 1.29 is 4.79 Å². The van der Waals surface area contributed by atoms with Gasteiger partial charge in [-0.1, -0.05) is 30.4 Å². The van der Waals surface area contributed by atoms with Gasteiger partial charge in [-0.2, -0.15) is 0 Å². The molecule has 118 valence electrons. The molecular formula is C20H17N3O. The predicted molar refractivity (Wildman–Crippen MR) is 97.8 cm³/mol. The molecule has 4 heteroatoms. The molecule has 0 aliphatic carbocycles. The van der Waals surface area contributed by atoms with Crippen molar-refractivity contribution in [3.05, 3.63) is 89.7 Å². The maximum absolute atomic E-state index is 11.3. The second-order valence-corrected chi connectivity index (χ2v) is 5.31. The number of amides is 1. The van der Waals surface area contributed by atoms with Gasteiger partial charge < -0.3 is 11.1 Å². The fourth-order valence-electron chi connectivity index (χ4n) is 2.30. The highest BCUT2D eigenvalue weighted by molar-refractivity contribution is 5.93. The lowest BCUT2D eigenvalue weighted by atomic mass is 10.1. The number of primary amides is 1. The summed E-state index contributed by atoms with van der Waals surface area (Å²) in [6.45, 7) is 0. The van der Waals surface area contributed by atoms with Crippen LogP contribution in [-0.2, 0) is 0 Å². The summed E-state index contributed by atoms with van der Waals surface area (Å²) in [6.07, 6.45) is 7.61. The van der Waals surface area contributed by atoms with E-state index in [0.29, 0.717) is 5.56 Å². The van der Waals surface area contributed by atoms with E-state index in [-0.39, 0.29) is 0 Å². The first-order chi connectivity index (χ1) is 11.7. The molecule has 3 rings (SSSR count). The molecule has 0 unspecified atom stereocenters. The summed E-state index contributed by atoms with van der Waals surface area (Å²) >= 11 is 0. The fraction of sp³-hybridized carbons (Fsp3) is 0. The van der Waals surface area contributed by atoms with Crippen LogP contribution in [0.1, 0.15) is 21.5 Å². The Bertz CT molecular complexity index is 873. The number of benzene rings is 2. The van der Waals surface area contributed by atoms with Gasteiger partial charge in [0.1, 0.15) is 0 Å². The molecule has 0 saturated heterocycles. The van der Waals surface area contributed by atoms with Gasteiger partial charge >= 0.3 is 0 Å². The molecule has 1 amide bonds. The van der Waals surface area contributed by atoms with E-state index < -0.39 is 5.91 Å². The van der Waals surface area contributed by atoms with E-state index in [1.807, 2.05) is 54.6 Å². The molecule has 3 N–H and O–H groups in total. The van der Waals surface area contributed by atoms with Crippen molar-refractivity contribution in [1.82, 2.24) is 4.98 Å². The normalized spacial score (nSPS) is 10.7. The van der Waals surface area contributed by atoms with Gasteiger partial charge in [-0.15, -0.1) is 0 Å². The number of rotatable bonds is 5. The Labute approximate surface area is 140 Å². The molecule has 3 aromatic rings. The summed E-state index contributed by atoms with van der Waals surface area (Å²) in [6, 6.07) is 19.1. The number of aromatic nitrogens is 1. The smallest absolute Gasteiger partial charge is 0.248 e. The third-order valence-electron chi connectivity index (χ3n) is 3.50. The van der Waals surface area contributed by atoms with Crippen LogP contribution < -0.4 is 11.1 Å². The fourth-order valence-corrected chi connectivity index (χ4v) is 2.30. The third-order valence-corrected chi connectivity index (χ3v) is 3.50. The standard InChI is InChI=1S/C20H17N3O/c21-20(24)17-4-2-6-19(14-17)23-18-5-1-3-16(13-18)8-7-15-9-11-22-12-10-15/h1-14,23H,(H2,21,24). The van der Waals surface area contributed by atoms with Crippen LogP contribution in [0.5, 0.6) is 0 Å². The molecule has 1 heterocycles. The molecule has 0 saturated carbocycles. The molecule has 4 nitrogen and oxygen atoms in total. The molecule has 0 aliphatic rings. The van der Waals surface area contributed by atoms with Crippen LogP contribution in [0.4, 0.5) is 11.4 Å². The highest BCUT2D eigenvalue weighted by atomic mass is 16.1. The van der Waals surface area contributed by atoms with Crippen LogP contribution in [0, 0.1) is 0 Å². The first-order valence-corrected chi connectivity index (χ1v) is 7.56. The summed E-state index contributed by atoms with van der Waals surface area (Å²) < 4.78 is 0. The number of carbonyl (C=O) groups excluding carboxylic acids is 1. The van der Waals surface area contributed by atoms with Crippen molar-refractivity contribution in [2.45, 2.75) is 0 Å².